The molecule has 0 N–H and O–H groups in total. The Hall–Kier alpha value is -2.51. The van der Waals surface area contributed by atoms with Gasteiger partial charge in [-0.1, -0.05) is 6.92 Å². The predicted octanol–water partition coefficient (Wildman–Crippen LogP) is 1.22. The van der Waals surface area contributed by atoms with E-state index >= 15 is 0 Å². The van der Waals surface area contributed by atoms with E-state index in [0.29, 0.717) is 0 Å². The lowest BCUT2D eigenvalue weighted by molar-refractivity contribution is 0.433. The molecule has 2 saturated heterocycles. The number of rotatable bonds is 3. The van der Waals surface area contributed by atoms with Crippen molar-refractivity contribution in [2.24, 2.45) is 5.92 Å². The zero-order valence-corrected chi connectivity index (χ0v) is 14.6. The second-order valence-corrected chi connectivity index (χ2v) is 6.81. The van der Waals surface area contributed by atoms with Crippen molar-refractivity contribution in [2.45, 2.75) is 19.8 Å². The van der Waals surface area contributed by atoms with E-state index in [9.17, 15) is 0 Å². The Balaban J connectivity index is 1.40. The molecule has 0 atom stereocenters. The van der Waals surface area contributed by atoms with Gasteiger partial charge in [0.15, 0.2) is 5.82 Å². The fraction of sp³-hybridized carbons (Fsp3) is 0.588. The van der Waals surface area contributed by atoms with Crippen LogP contribution in [0, 0.1) is 5.92 Å². The highest BCUT2D eigenvalue weighted by atomic mass is 15.4. The first-order valence-electron chi connectivity index (χ1n) is 9.01. The first kappa shape index (κ1) is 16.0. The molecule has 4 heterocycles. The maximum atomic E-state index is 4.77. The molecule has 0 saturated carbocycles. The molecule has 25 heavy (non-hydrogen) atoms. The minimum atomic E-state index is 0.762. The van der Waals surface area contributed by atoms with E-state index in [1.807, 2.05) is 6.07 Å². The summed E-state index contributed by atoms with van der Waals surface area (Å²) < 4.78 is 0. The Labute approximate surface area is 147 Å². The lowest BCUT2D eigenvalue weighted by Gasteiger charge is -2.35. The smallest absolute Gasteiger partial charge is 0.247 e. The van der Waals surface area contributed by atoms with Crippen molar-refractivity contribution in [2.75, 3.05) is 54.0 Å². The van der Waals surface area contributed by atoms with Crippen LogP contribution in [0.3, 0.4) is 0 Å². The molecule has 2 aliphatic heterocycles. The van der Waals surface area contributed by atoms with Gasteiger partial charge in [-0.05, 0) is 24.8 Å². The van der Waals surface area contributed by atoms with E-state index in [1.54, 1.807) is 18.6 Å². The van der Waals surface area contributed by atoms with Crippen LogP contribution in [0.5, 0.6) is 0 Å². The summed E-state index contributed by atoms with van der Waals surface area (Å²) >= 11 is 0. The number of hydrogen-bond acceptors (Lipinski definition) is 8. The van der Waals surface area contributed by atoms with Crippen LogP contribution >= 0.6 is 0 Å². The molecule has 2 aromatic rings. The molecule has 0 aromatic carbocycles. The van der Waals surface area contributed by atoms with Gasteiger partial charge >= 0.3 is 0 Å². The van der Waals surface area contributed by atoms with E-state index in [4.69, 9.17) is 4.98 Å². The average molecular weight is 340 g/mol. The molecule has 0 unspecified atom stereocenters. The molecule has 132 valence electrons. The van der Waals surface area contributed by atoms with Crippen LogP contribution < -0.4 is 14.7 Å². The van der Waals surface area contributed by atoms with Crippen LogP contribution in [0.4, 0.5) is 17.7 Å². The SMILES string of the molecule is CC1CCN(c2nncc(N3CCN(c4ncccn4)CC3)n2)CC1. The van der Waals surface area contributed by atoms with Crippen molar-refractivity contribution in [1.82, 2.24) is 25.1 Å². The van der Waals surface area contributed by atoms with Crippen molar-refractivity contribution in [3.63, 3.8) is 0 Å². The second kappa shape index (κ2) is 7.16. The fourth-order valence-corrected chi connectivity index (χ4v) is 3.37. The summed E-state index contributed by atoms with van der Waals surface area (Å²) in [5.74, 6) is 3.27. The van der Waals surface area contributed by atoms with Gasteiger partial charge in [0.05, 0.1) is 6.20 Å². The fourth-order valence-electron chi connectivity index (χ4n) is 3.37. The van der Waals surface area contributed by atoms with Gasteiger partial charge in [-0.15, -0.1) is 5.10 Å². The molecule has 0 bridgehead atoms. The number of piperazine rings is 1. The first-order valence-corrected chi connectivity index (χ1v) is 9.01. The summed E-state index contributed by atoms with van der Waals surface area (Å²) in [6.45, 7) is 7.87. The Morgan fingerprint density at radius 3 is 2.20 bits per heavy atom. The molecule has 0 spiro atoms. The molecule has 2 fully saturated rings. The quantitative estimate of drug-likeness (QED) is 0.826. The molecule has 8 nitrogen and oxygen atoms in total. The van der Waals surface area contributed by atoms with Crippen molar-refractivity contribution in [3.8, 4) is 0 Å². The predicted molar refractivity (Wildman–Crippen MR) is 96.9 cm³/mol. The lowest BCUT2D eigenvalue weighted by atomic mass is 10.00. The molecule has 0 radical (unpaired) electrons. The summed E-state index contributed by atoms with van der Waals surface area (Å²) in [6, 6.07) is 1.84. The summed E-state index contributed by atoms with van der Waals surface area (Å²) in [4.78, 5) is 20.2. The third-order valence-electron chi connectivity index (χ3n) is 5.04. The summed E-state index contributed by atoms with van der Waals surface area (Å²) in [7, 11) is 0. The largest absolute Gasteiger partial charge is 0.352 e. The van der Waals surface area contributed by atoms with E-state index in [2.05, 4.69) is 41.8 Å². The summed E-state index contributed by atoms with van der Waals surface area (Å²) in [6.07, 6.45) is 7.74. The van der Waals surface area contributed by atoms with Crippen molar-refractivity contribution >= 4 is 17.7 Å². The number of anilines is 3. The Kier molecular flexibility index (Phi) is 4.58. The average Bonchev–Trinajstić information content (AvgIpc) is 2.69. The van der Waals surface area contributed by atoms with E-state index in [0.717, 1.165) is 62.9 Å². The highest BCUT2D eigenvalue weighted by molar-refractivity contribution is 5.44. The third-order valence-corrected chi connectivity index (χ3v) is 5.04. The summed E-state index contributed by atoms with van der Waals surface area (Å²) in [5, 5.41) is 8.45. The maximum absolute atomic E-state index is 4.77. The molecule has 2 aromatic heterocycles. The van der Waals surface area contributed by atoms with Crippen molar-refractivity contribution in [1.29, 1.82) is 0 Å². The van der Waals surface area contributed by atoms with Gasteiger partial charge < -0.3 is 14.7 Å². The number of hydrogen-bond donors (Lipinski definition) is 0. The van der Waals surface area contributed by atoms with Crippen molar-refractivity contribution < 1.29 is 0 Å². The number of aromatic nitrogens is 5. The van der Waals surface area contributed by atoms with Crippen LogP contribution in [0.1, 0.15) is 19.8 Å². The van der Waals surface area contributed by atoms with Crippen LogP contribution in [0.2, 0.25) is 0 Å². The number of piperidine rings is 1. The third kappa shape index (κ3) is 3.62. The van der Waals surface area contributed by atoms with Gasteiger partial charge in [-0.2, -0.15) is 10.1 Å². The van der Waals surface area contributed by atoms with Crippen LogP contribution in [0.25, 0.3) is 0 Å². The van der Waals surface area contributed by atoms with Gasteiger partial charge in [-0.3, -0.25) is 0 Å². The zero-order chi connectivity index (χ0) is 17.1. The van der Waals surface area contributed by atoms with Crippen LogP contribution in [-0.2, 0) is 0 Å². The molecule has 0 aliphatic carbocycles. The topological polar surface area (TPSA) is 74.2 Å². The van der Waals surface area contributed by atoms with Crippen LogP contribution in [0.15, 0.2) is 24.7 Å². The first-order chi connectivity index (χ1) is 12.3. The lowest BCUT2D eigenvalue weighted by Crippen LogP contribution is -2.47. The molecular weight excluding hydrogens is 316 g/mol. The second-order valence-electron chi connectivity index (χ2n) is 6.81. The van der Waals surface area contributed by atoms with Gasteiger partial charge in [0.1, 0.15) is 0 Å². The highest BCUT2D eigenvalue weighted by Gasteiger charge is 2.22. The molecule has 0 amide bonds. The molecule has 8 heteroatoms. The Bertz CT molecular complexity index is 678. The minimum Gasteiger partial charge on any atom is -0.352 e. The minimum absolute atomic E-state index is 0.762. The standard InChI is InChI=1S/C17H24N8/c1-14-3-7-24(8-4-14)17-21-15(13-20-22-17)23-9-11-25(12-10-23)16-18-5-2-6-19-16/h2,5-6,13-14H,3-4,7-12H2,1H3. The maximum Gasteiger partial charge on any atom is 0.247 e. The summed E-state index contributed by atoms with van der Waals surface area (Å²) in [5.41, 5.74) is 0. The van der Waals surface area contributed by atoms with Crippen molar-refractivity contribution in [3.05, 3.63) is 24.7 Å². The Morgan fingerprint density at radius 1 is 0.840 bits per heavy atom. The van der Waals surface area contributed by atoms with Gasteiger partial charge in [-0.25, -0.2) is 9.97 Å². The van der Waals surface area contributed by atoms with E-state index in [1.165, 1.54) is 12.8 Å². The van der Waals surface area contributed by atoms with E-state index < -0.39 is 0 Å². The highest BCUT2D eigenvalue weighted by Crippen LogP contribution is 2.22. The molecule has 2 aliphatic rings. The van der Waals surface area contributed by atoms with Gasteiger partial charge in [0.2, 0.25) is 11.9 Å². The number of nitrogens with zero attached hydrogens (tertiary/aromatic N) is 8. The normalized spacial score (nSPS) is 19.3. The molecular formula is C17H24N8. The van der Waals surface area contributed by atoms with E-state index in [-0.39, 0.29) is 0 Å². The van der Waals surface area contributed by atoms with Crippen LogP contribution in [-0.4, -0.2) is 64.4 Å². The zero-order valence-electron chi connectivity index (χ0n) is 14.6. The van der Waals surface area contributed by atoms with Gasteiger partial charge in [0.25, 0.3) is 0 Å². The Morgan fingerprint density at radius 2 is 1.48 bits per heavy atom. The van der Waals surface area contributed by atoms with Gasteiger partial charge in [0, 0.05) is 51.7 Å². The monoisotopic (exact) mass is 340 g/mol. The molecule has 4 rings (SSSR count).